The van der Waals surface area contributed by atoms with E-state index in [1.807, 2.05) is 6.07 Å². The van der Waals surface area contributed by atoms with Crippen LogP contribution in [0.4, 0.5) is 0 Å². The van der Waals surface area contributed by atoms with Crippen LogP contribution in [0.5, 0.6) is 0 Å². The first-order valence-electron chi connectivity index (χ1n) is 5.71. The highest BCUT2D eigenvalue weighted by molar-refractivity contribution is 8.23. The van der Waals surface area contributed by atoms with Gasteiger partial charge in [-0.2, -0.15) is 4.57 Å². The first-order valence-corrected chi connectivity index (χ1v) is 7.34. The summed E-state index contributed by atoms with van der Waals surface area (Å²) in [4.78, 5) is 11.4. The summed E-state index contributed by atoms with van der Waals surface area (Å²) in [5, 5.41) is 12.2. The van der Waals surface area contributed by atoms with Crippen LogP contribution in [0.1, 0.15) is 13.3 Å². The van der Waals surface area contributed by atoms with Crippen molar-refractivity contribution in [3.8, 4) is 0 Å². The molecule has 0 spiro atoms. The molecule has 0 N–H and O–H groups in total. The molecule has 102 valence electrons. The molecule has 0 saturated carbocycles. The Kier molecular flexibility index (Phi) is 6.52. The van der Waals surface area contributed by atoms with Gasteiger partial charge in [0, 0.05) is 12.1 Å². The molecule has 0 aliphatic rings. The lowest BCUT2D eigenvalue weighted by molar-refractivity contribution is -0.580. The quantitative estimate of drug-likeness (QED) is 0.268. The van der Waals surface area contributed by atoms with E-state index < -0.39 is 5.97 Å². The monoisotopic (exact) mass is 297 g/mol. The van der Waals surface area contributed by atoms with Gasteiger partial charge in [0.2, 0.25) is 5.70 Å². The molecule has 6 heteroatoms. The van der Waals surface area contributed by atoms with Crippen molar-refractivity contribution in [1.82, 2.24) is 0 Å². The van der Waals surface area contributed by atoms with Gasteiger partial charge in [-0.25, -0.2) is 0 Å². The van der Waals surface area contributed by atoms with Crippen molar-refractivity contribution in [3.05, 3.63) is 36.4 Å². The maximum absolute atomic E-state index is 12.2. The van der Waals surface area contributed by atoms with E-state index >= 15 is 0 Å². The average Bonchev–Trinajstić information content (AvgIpc) is 2.40. The predicted octanol–water partition coefficient (Wildman–Crippen LogP) is 1.15. The number of carbonyl (C=O) groups is 1. The zero-order chi connectivity index (χ0) is 14.3. The van der Waals surface area contributed by atoms with Crippen LogP contribution in [-0.4, -0.2) is 23.0 Å². The molecular weight excluding hydrogens is 282 g/mol. The van der Waals surface area contributed by atoms with Gasteiger partial charge in [-0.15, -0.1) is 11.8 Å². The van der Waals surface area contributed by atoms with Gasteiger partial charge in [-0.05, 0) is 18.9 Å². The molecule has 0 bridgehead atoms. The third-order valence-corrected chi connectivity index (χ3v) is 3.48. The summed E-state index contributed by atoms with van der Waals surface area (Å²) in [6.45, 7) is 1.96. The SMILES string of the molecule is CCOC(=O)C/C([O-])=C(\C(=S)SC)[n+]1ccccc1. The number of thiocarbonyl (C=S) groups is 1. The normalized spacial score (nSPS) is 11.7. The Morgan fingerprint density at radius 2 is 2.00 bits per heavy atom. The van der Waals surface area contributed by atoms with Crippen molar-refractivity contribution in [2.45, 2.75) is 13.3 Å². The molecule has 0 atom stereocenters. The van der Waals surface area contributed by atoms with Gasteiger partial charge in [-0.1, -0.05) is 18.3 Å². The van der Waals surface area contributed by atoms with Gasteiger partial charge in [-0.3, -0.25) is 4.79 Å². The molecule has 0 unspecified atom stereocenters. The smallest absolute Gasteiger partial charge is 0.309 e. The number of carbonyl (C=O) groups excluding carboxylic acids is 1. The van der Waals surface area contributed by atoms with Gasteiger partial charge >= 0.3 is 5.97 Å². The van der Waals surface area contributed by atoms with Crippen molar-refractivity contribution in [3.63, 3.8) is 0 Å². The van der Waals surface area contributed by atoms with E-state index in [0.29, 0.717) is 9.89 Å². The van der Waals surface area contributed by atoms with Crippen molar-refractivity contribution in [1.29, 1.82) is 0 Å². The standard InChI is InChI=1S/C13H15NO3S2/c1-3-17-11(16)9-10(15)12(13(18)19-2)14-7-5-4-6-8-14/h4-8H,3,9H2,1-2H3. The molecule has 0 saturated heterocycles. The highest BCUT2D eigenvalue weighted by Gasteiger charge is 2.18. The minimum absolute atomic E-state index is 0.257. The van der Waals surface area contributed by atoms with Crippen LogP contribution in [0.15, 0.2) is 36.4 Å². The van der Waals surface area contributed by atoms with Gasteiger partial charge in [0.25, 0.3) is 0 Å². The Morgan fingerprint density at radius 1 is 1.37 bits per heavy atom. The van der Waals surface area contributed by atoms with Gasteiger partial charge in [0.1, 0.15) is 4.20 Å². The van der Waals surface area contributed by atoms with Gasteiger partial charge in [0.05, 0.1) is 13.0 Å². The minimum Gasteiger partial charge on any atom is -0.871 e. The molecule has 0 amide bonds. The Balaban J connectivity index is 3.09. The second kappa shape index (κ2) is 7.91. The fourth-order valence-electron chi connectivity index (χ4n) is 1.43. The summed E-state index contributed by atoms with van der Waals surface area (Å²) in [5.74, 6) is -0.876. The van der Waals surface area contributed by atoms with Crippen LogP contribution in [-0.2, 0) is 9.53 Å². The molecular formula is C13H15NO3S2. The summed E-state index contributed by atoms with van der Waals surface area (Å²) in [7, 11) is 0. The lowest BCUT2D eigenvalue weighted by Gasteiger charge is -2.13. The van der Waals surface area contributed by atoms with Gasteiger partial charge in [0.15, 0.2) is 12.4 Å². The predicted molar refractivity (Wildman–Crippen MR) is 77.2 cm³/mol. The van der Waals surface area contributed by atoms with Crippen LogP contribution in [0, 0.1) is 0 Å². The second-order valence-electron chi connectivity index (χ2n) is 3.53. The van der Waals surface area contributed by atoms with Crippen LogP contribution in [0.25, 0.3) is 5.70 Å². The van der Waals surface area contributed by atoms with E-state index in [1.54, 1.807) is 42.3 Å². The fourth-order valence-corrected chi connectivity index (χ4v) is 2.07. The summed E-state index contributed by atoms with van der Waals surface area (Å²) in [5.41, 5.74) is 0.330. The molecule has 19 heavy (non-hydrogen) atoms. The van der Waals surface area contributed by atoms with Crippen molar-refractivity contribution >= 4 is 39.8 Å². The highest BCUT2D eigenvalue weighted by atomic mass is 32.2. The highest BCUT2D eigenvalue weighted by Crippen LogP contribution is 2.14. The Hall–Kier alpha value is -1.40. The lowest BCUT2D eigenvalue weighted by atomic mass is 10.3. The molecule has 0 fully saturated rings. The fraction of sp³-hybridized carbons (Fsp3) is 0.308. The molecule has 0 aliphatic carbocycles. The molecule has 1 aromatic rings. The maximum atomic E-state index is 12.2. The van der Waals surface area contributed by atoms with E-state index in [-0.39, 0.29) is 18.8 Å². The van der Waals surface area contributed by atoms with Crippen LogP contribution in [0.2, 0.25) is 0 Å². The van der Waals surface area contributed by atoms with E-state index in [2.05, 4.69) is 0 Å². The summed E-state index contributed by atoms with van der Waals surface area (Å²) >= 11 is 6.48. The van der Waals surface area contributed by atoms with E-state index in [0.717, 1.165) is 0 Å². The first-order chi connectivity index (χ1) is 9.10. The topological polar surface area (TPSA) is 53.2 Å². The Morgan fingerprint density at radius 3 is 2.53 bits per heavy atom. The van der Waals surface area contributed by atoms with Crippen LogP contribution < -0.4 is 9.67 Å². The molecule has 0 radical (unpaired) electrons. The van der Waals surface area contributed by atoms with Crippen molar-refractivity contribution in [2.24, 2.45) is 0 Å². The van der Waals surface area contributed by atoms with E-state index in [9.17, 15) is 9.90 Å². The van der Waals surface area contributed by atoms with Crippen LogP contribution in [0.3, 0.4) is 0 Å². The molecule has 1 heterocycles. The van der Waals surface area contributed by atoms with Gasteiger partial charge < -0.3 is 9.84 Å². The summed E-state index contributed by atoms with van der Waals surface area (Å²) in [6.07, 6.45) is 4.94. The Labute approximate surface area is 122 Å². The van der Waals surface area contributed by atoms with E-state index in [1.165, 1.54) is 11.8 Å². The largest absolute Gasteiger partial charge is 0.871 e. The lowest BCUT2D eigenvalue weighted by Crippen LogP contribution is -2.37. The Bertz CT molecular complexity index is 486. The number of aromatic nitrogens is 1. The summed E-state index contributed by atoms with van der Waals surface area (Å²) in [6, 6.07) is 5.42. The number of ether oxygens (including phenoxy) is 1. The number of rotatable bonds is 5. The number of hydrogen-bond donors (Lipinski definition) is 0. The van der Waals surface area contributed by atoms with Crippen molar-refractivity contribution in [2.75, 3.05) is 12.9 Å². The number of hydrogen-bond acceptors (Lipinski definition) is 5. The molecule has 0 aliphatic heterocycles. The molecule has 0 aromatic carbocycles. The summed E-state index contributed by atoms with van der Waals surface area (Å²) < 4.78 is 6.85. The minimum atomic E-state index is -0.537. The number of thioether (sulfide) groups is 1. The van der Waals surface area contributed by atoms with Crippen LogP contribution >= 0.6 is 24.0 Å². The average molecular weight is 297 g/mol. The third kappa shape index (κ3) is 4.65. The molecule has 1 aromatic heterocycles. The number of pyridine rings is 1. The zero-order valence-corrected chi connectivity index (χ0v) is 12.4. The first kappa shape index (κ1) is 15.7. The third-order valence-electron chi connectivity index (χ3n) is 2.23. The zero-order valence-electron chi connectivity index (χ0n) is 10.8. The number of esters is 1. The van der Waals surface area contributed by atoms with Crippen molar-refractivity contribution < 1.29 is 19.2 Å². The maximum Gasteiger partial charge on any atom is 0.309 e. The molecule has 1 rings (SSSR count). The molecule has 4 nitrogen and oxygen atoms in total. The second-order valence-corrected chi connectivity index (χ2v) is 5.01. The van der Waals surface area contributed by atoms with E-state index in [4.69, 9.17) is 17.0 Å². The number of nitrogens with zero attached hydrogens (tertiary/aromatic N) is 1.